The summed E-state index contributed by atoms with van der Waals surface area (Å²) in [5, 5.41) is 8.90. The molecule has 3 nitrogen and oxygen atoms in total. The minimum atomic E-state index is -0.300. The Balaban J connectivity index is 2.26. The van der Waals surface area contributed by atoms with E-state index >= 15 is 0 Å². The highest BCUT2D eigenvalue weighted by molar-refractivity contribution is 5.68. The summed E-state index contributed by atoms with van der Waals surface area (Å²) < 4.78 is 13.4. The van der Waals surface area contributed by atoms with Crippen LogP contribution in [0.3, 0.4) is 0 Å². The molecule has 2 rings (SSSR count). The number of halogens is 1. The van der Waals surface area contributed by atoms with Crippen LogP contribution in [-0.4, -0.2) is 7.05 Å². The Hall–Kier alpha value is -2.54. The molecule has 0 aliphatic heterocycles. The topological polar surface area (TPSA) is 53.0 Å². The number of anilines is 2. The zero-order valence-corrected chi connectivity index (χ0v) is 11.5. The van der Waals surface area contributed by atoms with Crippen LogP contribution in [0.5, 0.6) is 0 Å². The van der Waals surface area contributed by atoms with Crippen LogP contribution in [0.15, 0.2) is 36.4 Å². The second kappa shape index (κ2) is 5.62. The van der Waals surface area contributed by atoms with E-state index in [1.165, 1.54) is 6.07 Å². The molecule has 2 aromatic carbocycles. The first kappa shape index (κ1) is 13.9. The average molecular weight is 269 g/mol. The molecule has 0 heterocycles. The fourth-order valence-corrected chi connectivity index (χ4v) is 2.11. The smallest absolute Gasteiger partial charge is 0.128 e. The molecule has 0 spiro atoms. The Morgan fingerprint density at radius 2 is 2.05 bits per heavy atom. The lowest BCUT2D eigenvalue weighted by Crippen LogP contribution is -2.18. The predicted octanol–water partition coefficient (Wildman–Crippen LogP) is 3.22. The van der Waals surface area contributed by atoms with Gasteiger partial charge in [-0.1, -0.05) is 12.1 Å². The molecule has 0 aromatic heterocycles. The van der Waals surface area contributed by atoms with E-state index in [2.05, 4.69) is 6.07 Å². The Morgan fingerprint density at radius 1 is 1.30 bits per heavy atom. The molecule has 0 saturated heterocycles. The van der Waals surface area contributed by atoms with Gasteiger partial charge in [0.05, 0.1) is 23.0 Å². The quantitative estimate of drug-likeness (QED) is 0.870. The van der Waals surface area contributed by atoms with Crippen molar-refractivity contribution in [1.82, 2.24) is 0 Å². The van der Waals surface area contributed by atoms with E-state index in [-0.39, 0.29) is 5.82 Å². The highest BCUT2D eigenvalue weighted by Gasteiger charge is 2.10. The van der Waals surface area contributed by atoms with Crippen LogP contribution < -0.4 is 10.6 Å². The SMILES string of the molecule is Cc1cc(N(C)Cc2cccc(C#N)c2)c(N)cc1F. The standard InChI is InChI=1S/C16H16FN3/c1-11-6-16(15(19)8-14(11)17)20(2)10-13-5-3-4-12(7-13)9-18/h3-8H,10,19H2,1-2H3. The molecule has 0 fully saturated rings. The third-order valence-corrected chi connectivity index (χ3v) is 3.20. The molecule has 2 N–H and O–H groups in total. The van der Waals surface area contributed by atoms with Gasteiger partial charge >= 0.3 is 0 Å². The monoisotopic (exact) mass is 269 g/mol. The van der Waals surface area contributed by atoms with Gasteiger partial charge in [-0.3, -0.25) is 0 Å². The minimum absolute atomic E-state index is 0.300. The number of benzene rings is 2. The summed E-state index contributed by atoms with van der Waals surface area (Å²) in [5.74, 6) is -0.300. The average Bonchev–Trinajstić information content (AvgIpc) is 2.43. The van der Waals surface area contributed by atoms with E-state index in [9.17, 15) is 4.39 Å². The Bertz CT molecular complexity index is 674. The fraction of sp³-hybridized carbons (Fsp3) is 0.188. The van der Waals surface area contributed by atoms with Crippen molar-refractivity contribution in [2.24, 2.45) is 0 Å². The van der Waals surface area contributed by atoms with Gasteiger partial charge in [0.2, 0.25) is 0 Å². The Morgan fingerprint density at radius 3 is 2.75 bits per heavy atom. The maximum Gasteiger partial charge on any atom is 0.128 e. The van der Waals surface area contributed by atoms with Gasteiger partial charge in [-0.25, -0.2) is 4.39 Å². The fourth-order valence-electron chi connectivity index (χ4n) is 2.11. The molecule has 0 atom stereocenters. The summed E-state index contributed by atoms with van der Waals surface area (Å²) in [7, 11) is 1.89. The van der Waals surface area contributed by atoms with Crippen LogP contribution >= 0.6 is 0 Å². The van der Waals surface area contributed by atoms with Crippen molar-refractivity contribution >= 4 is 11.4 Å². The van der Waals surface area contributed by atoms with Crippen molar-refractivity contribution in [3.05, 3.63) is 58.9 Å². The molecule has 4 heteroatoms. The molecule has 0 bridgehead atoms. The largest absolute Gasteiger partial charge is 0.397 e. The highest BCUT2D eigenvalue weighted by atomic mass is 19.1. The number of rotatable bonds is 3. The maximum atomic E-state index is 13.4. The summed E-state index contributed by atoms with van der Waals surface area (Å²) in [4.78, 5) is 1.94. The first-order valence-corrected chi connectivity index (χ1v) is 6.27. The molecule has 2 aromatic rings. The molecule has 0 amide bonds. The van der Waals surface area contributed by atoms with Gasteiger partial charge in [0, 0.05) is 13.6 Å². The molecule has 0 aliphatic carbocycles. The van der Waals surface area contributed by atoms with Gasteiger partial charge in [-0.05, 0) is 42.3 Å². The second-order valence-corrected chi connectivity index (χ2v) is 4.83. The Labute approximate surface area is 118 Å². The lowest BCUT2D eigenvalue weighted by Gasteiger charge is -2.22. The highest BCUT2D eigenvalue weighted by Crippen LogP contribution is 2.26. The molecular formula is C16H16FN3. The van der Waals surface area contributed by atoms with E-state index in [0.29, 0.717) is 23.4 Å². The van der Waals surface area contributed by atoms with Gasteiger partial charge in [0.25, 0.3) is 0 Å². The van der Waals surface area contributed by atoms with E-state index in [4.69, 9.17) is 11.0 Å². The summed E-state index contributed by atoms with van der Waals surface area (Å²) in [6.07, 6.45) is 0. The van der Waals surface area contributed by atoms with Crippen molar-refractivity contribution < 1.29 is 4.39 Å². The first-order chi connectivity index (χ1) is 9.51. The third-order valence-electron chi connectivity index (χ3n) is 3.20. The second-order valence-electron chi connectivity index (χ2n) is 4.83. The number of hydrogen-bond acceptors (Lipinski definition) is 3. The first-order valence-electron chi connectivity index (χ1n) is 6.27. The number of nitrogens with zero attached hydrogens (tertiary/aromatic N) is 2. The van der Waals surface area contributed by atoms with E-state index in [1.807, 2.05) is 30.1 Å². The lowest BCUT2D eigenvalue weighted by atomic mass is 10.1. The van der Waals surface area contributed by atoms with Gasteiger partial charge in [0.15, 0.2) is 0 Å². The number of nitriles is 1. The van der Waals surface area contributed by atoms with Crippen LogP contribution in [0, 0.1) is 24.1 Å². The molecule has 102 valence electrons. The predicted molar refractivity (Wildman–Crippen MR) is 78.8 cm³/mol. The van der Waals surface area contributed by atoms with E-state index in [1.54, 1.807) is 19.1 Å². The van der Waals surface area contributed by atoms with Crippen LogP contribution in [0.25, 0.3) is 0 Å². The van der Waals surface area contributed by atoms with Crippen LogP contribution in [0.1, 0.15) is 16.7 Å². The molecule has 0 saturated carbocycles. The number of nitrogen functional groups attached to an aromatic ring is 1. The zero-order valence-electron chi connectivity index (χ0n) is 11.5. The third kappa shape index (κ3) is 2.89. The molecular weight excluding hydrogens is 253 g/mol. The van der Waals surface area contributed by atoms with Crippen molar-refractivity contribution in [2.45, 2.75) is 13.5 Å². The molecule has 0 unspecified atom stereocenters. The molecule has 0 radical (unpaired) electrons. The van der Waals surface area contributed by atoms with E-state index in [0.717, 1.165) is 11.3 Å². The number of nitrogens with two attached hydrogens (primary N) is 1. The summed E-state index contributed by atoms with van der Waals surface area (Å²) in [5.41, 5.74) is 9.25. The van der Waals surface area contributed by atoms with Crippen molar-refractivity contribution in [3.8, 4) is 6.07 Å². The van der Waals surface area contributed by atoms with Gasteiger partial charge in [0.1, 0.15) is 5.82 Å². The lowest BCUT2D eigenvalue weighted by molar-refractivity contribution is 0.619. The zero-order chi connectivity index (χ0) is 14.7. The van der Waals surface area contributed by atoms with Crippen molar-refractivity contribution in [3.63, 3.8) is 0 Å². The van der Waals surface area contributed by atoms with Crippen molar-refractivity contribution in [1.29, 1.82) is 5.26 Å². The summed E-state index contributed by atoms with van der Waals surface area (Å²) in [6.45, 7) is 2.31. The van der Waals surface area contributed by atoms with Gasteiger partial charge in [-0.15, -0.1) is 0 Å². The van der Waals surface area contributed by atoms with Gasteiger partial charge < -0.3 is 10.6 Å². The maximum absolute atomic E-state index is 13.4. The van der Waals surface area contributed by atoms with Crippen molar-refractivity contribution in [2.75, 3.05) is 17.7 Å². The van der Waals surface area contributed by atoms with Gasteiger partial charge in [-0.2, -0.15) is 5.26 Å². The van der Waals surface area contributed by atoms with E-state index < -0.39 is 0 Å². The summed E-state index contributed by atoms with van der Waals surface area (Å²) >= 11 is 0. The normalized spacial score (nSPS) is 10.1. The molecule has 20 heavy (non-hydrogen) atoms. The van der Waals surface area contributed by atoms with Crippen LogP contribution in [0.2, 0.25) is 0 Å². The minimum Gasteiger partial charge on any atom is -0.397 e. The Kier molecular flexibility index (Phi) is 3.90. The van der Waals surface area contributed by atoms with Crippen LogP contribution in [0.4, 0.5) is 15.8 Å². The molecule has 0 aliphatic rings. The van der Waals surface area contributed by atoms with Crippen LogP contribution in [-0.2, 0) is 6.54 Å². The summed E-state index contributed by atoms with van der Waals surface area (Å²) in [6, 6.07) is 12.6. The number of aryl methyl sites for hydroxylation is 1. The number of hydrogen-bond donors (Lipinski definition) is 1.